The average Bonchev–Trinajstić information content (AvgIpc) is 2.91. The number of nitrogens with zero attached hydrogens (tertiary/aromatic N) is 2. The SMILES string of the molecule is CCCC(F)C[N+]1=CCC(COc2ccc(-c3ccc(C(=O)N(CC)[C@H](CC)CO)cc3)cc2)CC1. The first-order valence-electron chi connectivity index (χ1n) is 13.5. The summed E-state index contributed by atoms with van der Waals surface area (Å²) in [6, 6.07) is 15.5. The summed E-state index contributed by atoms with van der Waals surface area (Å²) in [5.41, 5.74) is 2.72. The van der Waals surface area contributed by atoms with Gasteiger partial charge >= 0.3 is 0 Å². The first-order valence-corrected chi connectivity index (χ1v) is 13.5. The van der Waals surface area contributed by atoms with Crippen LogP contribution in [-0.2, 0) is 0 Å². The number of carbonyl (C=O) groups excluding carboxylic acids is 1. The third-order valence-corrected chi connectivity index (χ3v) is 7.09. The second-order valence-corrected chi connectivity index (χ2v) is 9.70. The smallest absolute Gasteiger partial charge is 0.254 e. The van der Waals surface area contributed by atoms with Crippen molar-refractivity contribution in [3.63, 3.8) is 0 Å². The summed E-state index contributed by atoms with van der Waals surface area (Å²) in [7, 11) is 0. The van der Waals surface area contributed by atoms with Crippen molar-refractivity contribution in [2.75, 3.05) is 32.8 Å². The van der Waals surface area contributed by atoms with Crippen LogP contribution < -0.4 is 4.74 Å². The number of likely N-dealkylation sites (N-methyl/N-ethyl adjacent to an activating group) is 1. The largest absolute Gasteiger partial charge is 0.493 e. The van der Waals surface area contributed by atoms with Gasteiger partial charge in [-0.15, -0.1) is 0 Å². The Kier molecular flexibility index (Phi) is 10.9. The summed E-state index contributed by atoms with van der Waals surface area (Å²) < 4.78 is 22.0. The van der Waals surface area contributed by atoms with E-state index >= 15 is 0 Å². The van der Waals surface area contributed by atoms with E-state index in [9.17, 15) is 14.3 Å². The average molecular weight is 498 g/mol. The molecular formula is C30H42FN2O3+. The van der Waals surface area contributed by atoms with Crippen LogP contribution in [0.4, 0.5) is 4.39 Å². The van der Waals surface area contributed by atoms with Gasteiger partial charge in [0.1, 0.15) is 18.5 Å². The Balaban J connectivity index is 1.52. The van der Waals surface area contributed by atoms with Crippen LogP contribution in [0.5, 0.6) is 5.75 Å². The summed E-state index contributed by atoms with van der Waals surface area (Å²) in [5, 5.41) is 9.59. The number of rotatable bonds is 13. The molecule has 1 amide bonds. The van der Waals surface area contributed by atoms with E-state index in [1.165, 1.54) is 0 Å². The molecule has 36 heavy (non-hydrogen) atoms. The van der Waals surface area contributed by atoms with Crippen molar-refractivity contribution in [2.45, 2.75) is 65.1 Å². The Morgan fingerprint density at radius 2 is 1.78 bits per heavy atom. The number of halogens is 1. The lowest BCUT2D eigenvalue weighted by Crippen LogP contribution is -2.42. The lowest BCUT2D eigenvalue weighted by molar-refractivity contribution is -0.536. The minimum atomic E-state index is -0.736. The summed E-state index contributed by atoms with van der Waals surface area (Å²) >= 11 is 0. The Hall–Kier alpha value is -2.73. The summed E-state index contributed by atoms with van der Waals surface area (Å²) in [6.45, 7) is 8.54. The highest BCUT2D eigenvalue weighted by molar-refractivity contribution is 5.95. The number of aliphatic hydroxyl groups is 1. The zero-order valence-electron chi connectivity index (χ0n) is 22.0. The molecule has 6 heteroatoms. The molecule has 0 aromatic heterocycles. The lowest BCUT2D eigenvalue weighted by Gasteiger charge is -2.28. The molecule has 2 unspecified atom stereocenters. The van der Waals surface area contributed by atoms with Crippen LogP contribution in [-0.4, -0.2) is 71.8 Å². The molecule has 3 rings (SSSR count). The van der Waals surface area contributed by atoms with E-state index in [1.807, 2.05) is 69.3 Å². The maximum absolute atomic E-state index is 13.9. The molecule has 1 aliphatic rings. The van der Waals surface area contributed by atoms with E-state index in [2.05, 4.69) is 10.8 Å². The number of aliphatic hydroxyl groups excluding tert-OH is 1. The third-order valence-electron chi connectivity index (χ3n) is 7.09. The van der Waals surface area contributed by atoms with Crippen LogP contribution in [0.15, 0.2) is 48.5 Å². The lowest BCUT2D eigenvalue weighted by atomic mass is 10.00. The van der Waals surface area contributed by atoms with Gasteiger partial charge in [-0.05, 0) is 55.2 Å². The summed E-state index contributed by atoms with van der Waals surface area (Å²) in [4.78, 5) is 14.6. The van der Waals surface area contributed by atoms with Crippen LogP contribution in [0.1, 0.15) is 63.2 Å². The quantitative estimate of drug-likeness (QED) is 0.367. The summed E-state index contributed by atoms with van der Waals surface area (Å²) in [6.07, 6.45) is 5.59. The van der Waals surface area contributed by atoms with Gasteiger partial charge < -0.3 is 14.7 Å². The van der Waals surface area contributed by atoms with Gasteiger partial charge in [0, 0.05) is 30.9 Å². The first-order chi connectivity index (χ1) is 17.5. The van der Waals surface area contributed by atoms with Crippen molar-refractivity contribution in [1.29, 1.82) is 0 Å². The molecule has 0 saturated carbocycles. The minimum Gasteiger partial charge on any atom is -0.493 e. The van der Waals surface area contributed by atoms with Gasteiger partial charge in [0.25, 0.3) is 5.91 Å². The maximum atomic E-state index is 13.9. The van der Waals surface area contributed by atoms with Crippen molar-refractivity contribution < 1.29 is 23.6 Å². The molecule has 2 aromatic carbocycles. The Bertz CT molecular complexity index is 971. The van der Waals surface area contributed by atoms with Crippen molar-refractivity contribution in [2.24, 2.45) is 5.92 Å². The molecule has 196 valence electrons. The zero-order valence-corrected chi connectivity index (χ0v) is 22.0. The molecule has 2 aromatic rings. The molecular weight excluding hydrogens is 455 g/mol. The van der Waals surface area contributed by atoms with Gasteiger partial charge in [-0.3, -0.25) is 4.79 Å². The van der Waals surface area contributed by atoms with Gasteiger partial charge in [-0.1, -0.05) is 44.5 Å². The second-order valence-electron chi connectivity index (χ2n) is 9.70. The number of hydrogen-bond donors (Lipinski definition) is 1. The fourth-order valence-corrected chi connectivity index (χ4v) is 4.78. The van der Waals surface area contributed by atoms with Gasteiger partial charge in [0.2, 0.25) is 0 Å². The van der Waals surface area contributed by atoms with E-state index in [4.69, 9.17) is 4.74 Å². The first kappa shape index (κ1) is 27.9. The molecule has 0 bridgehead atoms. The number of amides is 1. The fourth-order valence-electron chi connectivity index (χ4n) is 4.78. The Morgan fingerprint density at radius 3 is 2.31 bits per heavy atom. The highest BCUT2D eigenvalue weighted by Gasteiger charge is 2.23. The molecule has 0 fully saturated rings. The Labute approximate surface area is 215 Å². The normalized spacial score (nSPS) is 17.2. The molecule has 1 N–H and O–H groups in total. The molecule has 0 saturated heterocycles. The van der Waals surface area contributed by atoms with Crippen LogP contribution in [0, 0.1) is 5.92 Å². The van der Waals surface area contributed by atoms with Crippen LogP contribution in [0.3, 0.4) is 0 Å². The third kappa shape index (κ3) is 7.63. The Morgan fingerprint density at radius 1 is 1.11 bits per heavy atom. The second kappa shape index (κ2) is 14.1. The van der Waals surface area contributed by atoms with Crippen molar-refractivity contribution in [3.05, 3.63) is 54.1 Å². The van der Waals surface area contributed by atoms with Gasteiger partial charge in [-0.2, -0.15) is 0 Å². The topological polar surface area (TPSA) is 52.8 Å². The number of benzene rings is 2. The van der Waals surface area contributed by atoms with Crippen LogP contribution in [0.25, 0.3) is 11.1 Å². The maximum Gasteiger partial charge on any atom is 0.254 e. The predicted molar refractivity (Wildman–Crippen MR) is 144 cm³/mol. The molecule has 3 atom stereocenters. The number of ether oxygens (including phenoxy) is 1. The fraction of sp³-hybridized carbons (Fsp3) is 0.533. The van der Waals surface area contributed by atoms with Crippen molar-refractivity contribution in [3.8, 4) is 16.9 Å². The van der Waals surface area contributed by atoms with Crippen molar-refractivity contribution >= 4 is 12.1 Å². The molecule has 5 nitrogen and oxygen atoms in total. The van der Waals surface area contributed by atoms with E-state index in [0.717, 1.165) is 49.1 Å². The molecule has 1 heterocycles. The van der Waals surface area contributed by atoms with Gasteiger partial charge in [0.05, 0.1) is 19.3 Å². The number of hydrogen-bond acceptors (Lipinski definition) is 3. The van der Waals surface area contributed by atoms with E-state index in [1.54, 1.807) is 4.90 Å². The van der Waals surface area contributed by atoms with Gasteiger partial charge in [-0.25, -0.2) is 8.97 Å². The van der Waals surface area contributed by atoms with Crippen molar-refractivity contribution in [1.82, 2.24) is 4.90 Å². The minimum absolute atomic E-state index is 0.0291. The highest BCUT2D eigenvalue weighted by Crippen LogP contribution is 2.24. The predicted octanol–water partition coefficient (Wildman–Crippen LogP) is 5.60. The van der Waals surface area contributed by atoms with E-state index in [0.29, 0.717) is 37.6 Å². The van der Waals surface area contributed by atoms with E-state index in [-0.39, 0.29) is 18.6 Å². The highest BCUT2D eigenvalue weighted by atomic mass is 19.1. The monoisotopic (exact) mass is 497 g/mol. The van der Waals surface area contributed by atoms with Crippen LogP contribution >= 0.6 is 0 Å². The zero-order chi connectivity index (χ0) is 25.9. The van der Waals surface area contributed by atoms with Crippen LogP contribution in [0.2, 0.25) is 0 Å². The van der Waals surface area contributed by atoms with E-state index < -0.39 is 6.17 Å². The molecule has 0 spiro atoms. The number of alkyl halides is 1. The number of carbonyl (C=O) groups is 1. The molecule has 0 radical (unpaired) electrons. The standard InChI is InChI=1S/C30H42FN2O3/c1-4-7-27(31)20-32-18-16-23(17-19-32)22-36-29-14-12-25(13-15-29)24-8-10-26(11-9-24)30(35)33(6-3)28(5-2)21-34/h8-15,18,23,27-28,34H,4-7,16-17,19-22H2,1-3H3/q+1/t23?,27?,28-/m1/s1. The van der Waals surface area contributed by atoms with Gasteiger partial charge in [0.15, 0.2) is 12.7 Å². The molecule has 1 aliphatic heterocycles. The summed E-state index contributed by atoms with van der Waals surface area (Å²) in [5.74, 6) is 1.24. The molecule has 0 aliphatic carbocycles.